The van der Waals surface area contributed by atoms with Crippen LogP contribution in [-0.4, -0.2) is 75.7 Å². The molecule has 1 N–H and O–H groups in total. The van der Waals surface area contributed by atoms with Gasteiger partial charge in [-0.25, -0.2) is 9.97 Å². The number of carbonyl (C=O) groups is 1. The van der Waals surface area contributed by atoms with Gasteiger partial charge in [0.2, 0.25) is 5.95 Å². The highest BCUT2D eigenvalue weighted by Crippen LogP contribution is 2.34. The summed E-state index contributed by atoms with van der Waals surface area (Å²) in [5, 5.41) is 8.09. The molecular formula is C21H31N7O. The predicted molar refractivity (Wildman–Crippen MR) is 113 cm³/mol. The van der Waals surface area contributed by atoms with Crippen molar-refractivity contribution < 1.29 is 4.79 Å². The van der Waals surface area contributed by atoms with Gasteiger partial charge in [-0.15, -0.1) is 0 Å². The van der Waals surface area contributed by atoms with E-state index in [1.807, 2.05) is 39.1 Å². The summed E-state index contributed by atoms with van der Waals surface area (Å²) >= 11 is 0. The molecule has 2 aliphatic carbocycles. The van der Waals surface area contributed by atoms with E-state index >= 15 is 0 Å². The minimum absolute atomic E-state index is 0.0227. The van der Waals surface area contributed by atoms with Gasteiger partial charge in [0.15, 0.2) is 5.69 Å². The number of likely N-dealkylation sites (N-methyl/N-ethyl adjacent to an activating group) is 2. The molecule has 8 nitrogen and oxygen atoms in total. The molecule has 0 saturated heterocycles. The topological polar surface area (TPSA) is 79.2 Å². The van der Waals surface area contributed by atoms with E-state index < -0.39 is 0 Å². The first kappa shape index (κ1) is 19.8. The molecule has 4 rings (SSSR count). The highest BCUT2D eigenvalue weighted by atomic mass is 16.2. The number of nitrogens with zero attached hydrogens (tertiary/aromatic N) is 6. The lowest BCUT2D eigenvalue weighted by Gasteiger charge is -2.21. The lowest BCUT2D eigenvalue weighted by atomic mass is 9.93. The van der Waals surface area contributed by atoms with Gasteiger partial charge < -0.3 is 15.1 Å². The van der Waals surface area contributed by atoms with Gasteiger partial charge in [0.05, 0.1) is 11.4 Å². The fourth-order valence-corrected chi connectivity index (χ4v) is 4.28. The Bertz CT molecular complexity index is 899. The minimum atomic E-state index is -0.0227. The molecule has 2 aromatic rings. The third-order valence-corrected chi connectivity index (χ3v) is 6.00. The predicted octanol–water partition coefficient (Wildman–Crippen LogP) is 1.96. The summed E-state index contributed by atoms with van der Waals surface area (Å²) in [7, 11) is 7.76. The molecule has 1 amide bonds. The van der Waals surface area contributed by atoms with Crippen molar-refractivity contribution in [2.45, 2.75) is 44.6 Å². The van der Waals surface area contributed by atoms with Gasteiger partial charge in [0.25, 0.3) is 5.91 Å². The molecule has 0 atom stereocenters. The summed E-state index contributed by atoms with van der Waals surface area (Å²) in [6.07, 6.45) is 8.44. The summed E-state index contributed by atoms with van der Waals surface area (Å²) in [5.41, 5.74) is 4.54. The van der Waals surface area contributed by atoms with Gasteiger partial charge in [0.1, 0.15) is 0 Å². The molecule has 2 aromatic heterocycles. The molecular weight excluding hydrogens is 366 g/mol. The highest BCUT2D eigenvalue weighted by molar-refractivity contribution is 5.95. The van der Waals surface area contributed by atoms with Crippen molar-refractivity contribution in [1.29, 1.82) is 0 Å². The van der Waals surface area contributed by atoms with Gasteiger partial charge in [-0.1, -0.05) is 12.8 Å². The molecule has 0 aliphatic heterocycles. The maximum Gasteiger partial charge on any atom is 0.274 e. The second-order valence-electron chi connectivity index (χ2n) is 8.52. The number of carbonyl (C=O) groups excluding carboxylic acids is 1. The molecule has 0 spiro atoms. The Morgan fingerprint density at radius 2 is 1.97 bits per heavy atom. The van der Waals surface area contributed by atoms with Crippen LogP contribution in [0.25, 0.3) is 11.4 Å². The summed E-state index contributed by atoms with van der Waals surface area (Å²) in [5.74, 6) is 0.659. The second kappa shape index (κ2) is 8.10. The summed E-state index contributed by atoms with van der Waals surface area (Å²) in [6.45, 7) is 1.49. The smallest absolute Gasteiger partial charge is 0.274 e. The number of amides is 1. The van der Waals surface area contributed by atoms with Crippen molar-refractivity contribution in [3.8, 4) is 11.4 Å². The largest absolute Gasteiger partial charge is 0.351 e. The Balaban J connectivity index is 1.62. The van der Waals surface area contributed by atoms with E-state index in [1.165, 1.54) is 25.7 Å². The first-order valence-electron chi connectivity index (χ1n) is 10.5. The minimum Gasteiger partial charge on any atom is -0.351 e. The first-order valence-corrected chi connectivity index (χ1v) is 10.5. The average Bonchev–Trinajstić information content (AvgIpc) is 3.33. The number of rotatable bonds is 6. The quantitative estimate of drug-likeness (QED) is 0.803. The summed E-state index contributed by atoms with van der Waals surface area (Å²) in [4.78, 5) is 26.2. The van der Waals surface area contributed by atoms with Crippen LogP contribution >= 0.6 is 0 Å². The molecule has 156 valence electrons. The number of hydrogen-bond donors (Lipinski definition) is 1. The van der Waals surface area contributed by atoms with Gasteiger partial charge in [-0.05, 0) is 45.3 Å². The maximum atomic E-state index is 13.0. The number of fused-ring (bicyclic) bond motifs is 3. The van der Waals surface area contributed by atoms with Crippen LogP contribution in [0.15, 0.2) is 6.20 Å². The normalized spacial score (nSPS) is 16.0. The monoisotopic (exact) mass is 397 g/mol. The van der Waals surface area contributed by atoms with Crippen LogP contribution in [0.1, 0.15) is 47.3 Å². The fourth-order valence-electron chi connectivity index (χ4n) is 4.28. The lowest BCUT2D eigenvalue weighted by molar-refractivity contribution is 0.0778. The van der Waals surface area contributed by atoms with E-state index in [9.17, 15) is 4.79 Å². The Hall–Kier alpha value is -2.48. The first-order chi connectivity index (χ1) is 13.9. The molecule has 0 bridgehead atoms. The zero-order valence-electron chi connectivity index (χ0n) is 17.9. The van der Waals surface area contributed by atoms with Crippen molar-refractivity contribution >= 4 is 11.9 Å². The van der Waals surface area contributed by atoms with E-state index in [4.69, 9.17) is 4.98 Å². The van der Waals surface area contributed by atoms with E-state index in [-0.39, 0.29) is 5.91 Å². The van der Waals surface area contributed by atoms with Crippen LogP contribution < -0.4 is 5.32 Å². The third kappa shape index (κ3) is 3.99. The number of nitrogens with one attached hydrogen (secondary N) is 1. The van der Waals surface area contributed by atoms with Crippen molar-refractivity contribution in [3.05, 3.63) is 23.0 Å². The van der Waals surface area contributed by atoms with E-state index in [0.29, 0.717) is 24.2 Å². The number of hydrogen-bond acceptors (Lipinski definition) is 6. The van der Waals surface area contributed by atoms with E-state index in [0.717, 1.165) is 41.9 Å². The molecule has 29 heavy (non-hydrogen) atoms. The van der Waals surface area contributed by atoms with Crippen LogP contribution in [0.4, 0.5) is 5.95 Å². The van der Waals surface area contributed by atoms with Gasteiger partial charge in [-0.2, -0.15) is 5.10 Å². The molecule has 2 aliphatic rings. The molecule has 0 radical (unpaired) electrons. The van der Waals surface area contributed by atoms with E-state index in [2.05, 4.69) is 20.3 Å². The Labute approximate surface area is 172 Å². The second-order valence-corrected chi connectivity index (χ2v) is 8.52. The zero-order chi connectivity index (χ0) is 20.5. The van der Waals surface area contributed by atoms with Crippen LogP contribution in [-0.2, 0) is 19.9 Å². The average molecular weight is 398 g/mol. The molecule has 1 saturated carbocycles. The number of anilines is 1. The molecule has 8 heteroatoms. The van der Waals surface area contributed by atoms with Crippen LogP contribution in [0.5, 0.6) is 0 Å². The van der Waals surface area contributed by atoms with Crippen LogP contribution in [0, 0.1) is 0 Å². The van der Waals surface area contributed by atoms with E-state index in [1.54, 1.807) is 4.90 Å². The lowest BCUT2D eigenvalue weighted by Crippen LogP contribution is -2.34. The van der Waals surface area contributed by atoms with Gasteiger partial charge in [-0.3, -0.25) is 9.48 Å². The van der Waals surface area contributed by atoms with Gasteiger partial charge in [0, 0.05) is 45.0 Å². The molecule has 0 unspecified atom stereocenters. The summed E-state index contributed by atoms with van der Waals surface area (Å²) < 4.78 is 1.81. The van der Waals surface area contributed by atoms with Gasteiger partial charge >= 0.3 is 0 Å². The van der Waals surface area contributed by atoms with Crippen LogP contribution in [0.3, 0.4) is 0 Å². The SMILES string of the molecule is CN(C)CCN(C)C(=O)c1nn(C)c2c1CCc1cnc(NC3CCCC3)nc1-2. The molecule has 2 heterocycles. The fraction of sp³-hybridized carbons (Fsp3) is 0.619. The van der Waals surface area contributed by atoms with Crippen molar-refractivity contribution in [1.82, 2.24) is 29.5 Å². The van der Waals surface area contributed by atoms with Crippen molar-refractivity contribution in [3.63, 3.8) is 0 Å². The molecule has 1 fully saturated rings. The van der Waals surface area contributed by atoms with Crippen LogP contribution in [0.2, 0.25) is 0 Å². The number of aromatic nitrogens is 4. The Kier molecular flexibility index (Phi) is 5.54. The van der Waals surface area contributed by atoms with Crippen molar-refractivity contribution in [2.75, 3.05) is 39.5 Å². The highest BCUT2D eigenvalue weighted by Gasteiger charge is 2.30. The van der Waals surface area contributed by atoms with Crippen molar-refractivity contribution in [2.24, 2.45) is 7.05 Å². The maximum absolute atomic E-state index is 13.0. The molecule has 0 aromatic carbocycles. The summed E-state index contributed by atoms with van der Waals surface area (Å²) in [6, 6.07) is 0.463. The zero-order valence-corrected chi connectivity index (χ0v) is 17.9. The standard InChI is InChI=1S/C21H31N7O/c1-26(2)11-12-27(3)20(29)18-16-10-9-14-13-22-21(23-15-7-5-6-8-15)24-17(14)19(16)28(4)25-18/h13,15H,5-12H2,1-4H3,(H,22,23,24). The third-order valence-electron chi connectivity index (χ3n) is 6.00. The number of aryl methyl sites for hydroxylation is 2. The Morgan fingerprint density at radius 1 is 1.21 bits per heavy atom. The Morgan fingerprint density at radius 3 is 2.69 bits per heavy atom.